The number of methoxy groups -OCH3 is 1. The molecule has 2 atom stereocenters. The second kappa shape index (κ2) is 10.4. The number of amides is 1. The van der Waals surface area contributed by atoms with Crippen LogP contribution in [-0.4, -0.2) is 32.3 Å². The molecule has 0 aliphatic rings. The first-order valence-corrected chi connectivity index (χ1v) is 6.83. The van der Waals surface area contributed by atoms with Crippen LogP contribution in [0.5, 0.6) is 5.75 Å². The van der Waals surface area contributed by atoms with Crippen molar-refractivity contribution in [3.05, 3.63) is 24.3 Å². The van der Waals surface area contributed by atoms with Crippen LogP contribution < -0.4 is 15.8 Å². The van der Waals surface area contributed by atoms with Crippen molar-refractivity contribution in [3.63, 3.8) is 0 Å². The van der Waals surface area contributed by atoms with Gasteiger partial charge in [-0.15, -0.1) is 12.4 Å². The van der Waals surface area contributed by atoms with Crippen LogP contribution in [0.25, 0.3) is 0 Å². The largest absolute Gasteiger partial charge is 0.491 e. The van der Waals surface area contributed by atoms with E-state index in [1.165, 1.54) is 0 Å². The first-order valence-electron chi connectivity index (χ1n) is 6.83. The number of carbonyl (C=O) groups excluding carboxylic acids is 1. The van der Waals surface area contributed by atoms with Gasteiger partial charge in [0.05, 0.1) is 18.2 Å². The summed E-state index contributed by atoms with van der Waals surface area (Å²) in [7, 11) is 1.66. The zero-order chi connectivity index (χ0) is 15.0. The quantitative estimate of drug-likeness (QED) is 0.722. The van der Waals surface area contributed by atoms with Crippen LogP contribution in [0, 0.1) is 5.92 Å². The van der Waals surface area contributed by atoms with Gasteiger partial charge in [0.1, 0.15) is 5.75 Å². The Morgan fingerprint density at radius 2 is 1.95 bits per heavy atom. The summed E-state index contributed by atoms with van der Waals surface area (Å²) >= 11 is 0. The standard InChI is InChI=1S/C15H24N2O3.ClH/c1-11(12(2)16)15(18)17-13-7-4-5-8-14(13)20-10-6-9-19-3;/h4-5,7-8,11-12H,6,9-10,16H2,1-3H3,(H,17,18);1H. The Balaban J connectivity index is 0.00000400. The van der Waals surface area contributed by atoms with E-state index in [1.807, 2.05) is 38.1 Å². The van der Waals surface area contributed by atoms with Crippen molar-refractivity contribution >= 4 is 24.0 Å². The summed E-state index contributed by atoms with van der Waals surface area (Å²) in [5, 5.41) is 2.86. The lowest BCUT2D eigenvalue weighted by molar-refractivity contribution is -0.119. The number of halogens is 1. The predicted molar refractivity (Wildman–Crippen MR) is 87.1 cm³/mol. The van der Waals surface area contributed by atoms with Gasteiger partial charge in [-0.3, -0.25) is 4.79 Å². The minimum Gasteiger partial charge on any atom is -0.491 e. The van der Waals surface area contributed by atoms with Crippen LogP contribution in [0.4, 0.5) is 5.69 Å². The number of rotatable bonds is 8. The molecule has 21 heavy (non-hydrogen) atoms. The van der Waals surface area contributed by atoms with Crippen molar-refractivity contribution in [1.82, 2.24) is 0 Å². The zero-order valence-electron chi connectivity index (χ0n) is 12.8. The Bertz CT molecular complexity index is 427. The highest BCUT2D eigenvalue weighted by molar-refractivity contribution is 5.94. The lowest BCUT2D eigenvalue weighted by Crippen LogP contribution is -2.34. The monoisotopic (exact) mass is 316 g/mol. The number of benzene rings is 1. The fourth-order valence-corrected chi connectivity index (χ4v) is 1.57. The Morgan fingerprint density at radius 1 is 1.29 bits per heavy atom. The number of ether oxygens (including phenoxy) is 2. The summed E-state index contributed by atoms with van der Waals surface area (Å²) < 4.78 is 10.6. The van der Waals surface area contributed by atoms with Gasteiger partial charge in [0.15, 0.2) is 0 Å². The van der Waals surface area contributed by atoms with Gasteiger partial charge in [-0.05, 0) is 19.1 Å². The van der Waals surface area contributed by atoms with E-state index in [0.29, 0.717) is 24.7 Å². The van der Waals surface area contributed by atoms with Crippen LogP contribution in [-0.2, 0) is 9.53 Å². The Labute approximate surface area is 132 Å². The highest BCUT2D eigenvalue weighted by Gasteiger charge is 2.18. The highest BCUT2D eigenvalue weighted by atomic mass is 35.5. The maximum Gasteiger partial charge on any atom is 0.228 e. The SMILES string of the molecule is COCCCOc1ccccc1NC(=O)C(C)C(C)N.Cl. The molecule has 0 spiro atoms. The third-order valence-corrected chi connectivity index (χ3v) is 3.10. The summed E-state index contributed by atoms with van der Waals surface area (Å²) in [6.45, 7) is 4.82. The molecule has 2 unspecified atom stereocenters. The highest BCUT2D eigenvalue weighted by Crippen LogP contribution is 2.24. The van der Waals surface area contributed by atoms with Gasteiger partial charge >= 0.3 is 0 Å². The van der Waals surface area contributed by atoms with Crippen molar-refractivity contribution in [1.29, 1.82) is 0 Å². The van der Waals surface area contributed by atoms with E-state index in [2.05, 4.69) is 5.32 Å². The van der Waals surface area contributed by atoms with Gasteiger partial charge in [-0.25, -0.2) is 0 Å². The van der Waals surface area contributed by atoms with Crippen molar-refractivity contribution in [2.75, 3.05) is 25.6 Å². The summed E-state index contributed by atoms with van der Waals surface area (Å²) in [6, 6.07) is 7.19. The molecule has 1 aromatic rings. The second-order valence-electron chi connectivity index (χ2n) is 4.83. The molecule has 120 valence electrons. The molecule has 0 aromatic heterocycles. The number of carbonyl (C=O) groups is 1. The number of nitrogens with one attached hydrogen (secondary N) is 1. The molecule has 1 rings (SSSR count). The van der Waals surface area contributed by atoms with Crippen molar-refractivity contribution in [2.24, 2.45) is 11.7 Å². The lowest BCUT2D eigenvalue weighted by Gasteiger charge is -2.17. The van der Waals surface area contributed by atoms with Gasteiger partial charge in [0.2, 0.25) is 5.91 Å². The Hall–Kier alpha value is -1.30. The van der Waals surface area contributed by atoms with Gasteiger partial charge in [-0.2, -0.15) is 0 Å². The molecule has 0 fully saturated rings. The average molecular weight is 317 g/mol. The number of hydrogen-bond donors (Lipinski definition) is 2. The molecule has 0 saturated carbocycles. The maximum absolute atomic E-state index is 12.0. The van der Waals surface area contributed by atoms with E-state index in [1.54, 1.807) is 7.11 Å². The van der Waals surface area contributed by atoms with Crippen LogP contribution in [0.3, 0.4) is 0 Å². The molecule has 1 amide bonds. The molecule has 0 radical (unpaired) electrons. The summed E-state index contributed by atoms with van der Waals surface area (Å²) in [4.78, 5) is 12.0. The molecule has 0 saturated heterocycles. The van der Waals surface area contributed by atoms with E-state index in [-0.39, 0.29) is 30.3 Å². The molecule has 0 bridgehead atoms. The topological polar surface area (TPSA) is 73.6 Å². The van der Waals surface area contributed by atoms with Gasteiger partial charge < -0.3 is 20.5 Å². The van der Waals surface area contributed by atoms with E-state index in [0.717, 1.165) is 6.42 Å². The van der Waals surface area contributed by atoms with Crippen LogP contribution in [0.2, 0.25) is 0 Å². The minimum absolute atomic E-state index is 0. The van der Waals surface area contributed by atoms with E-state index < -0.39 is 0 Å². The molecular formula is C15H25ClN2O3. The fraction of sp³-hybridized carbons (Fsp3) is 0.533. The predicted octanol–water partition coefficient (Wildman–Crippen LogP) is 2.45. The third-order valence-electron chi connectivity index (χ3n) is 3.10. The van der Waals surface area contributed by atoms with Crippen LogP contribution >= 0.6 is 12.4 Å². The smallest absolute Gasteiger partial charge is 0.228 e. The van der Waals surface area contributed by atoms with Crippen molar-refractivity contribution < 1.29 is 14.3 Å². The van der Waals surface area contributed by atoms with Crippen LogP contribution in [0.1, 0.15) is 20.3 Å². The van der Waals surface area contributed by atoms with Gasteiger partial charge in [0.25, 0.3) is 0 Å². The second-order valence-corrected chi connectivity index (χ2v) is 4.83. The summed E-state index contributed by atoms with van der Waals surface area (Å²) in [5.41, 5.74) is 6.41. The lowest BCUT2D eigenvalue weighted by atomic mass is 10.0. The van der Waals surface area contributed by atoms with E-state index >= 15 is 0 Å². The molecule has 0 heterocycles. The third kappa shape index (κ3) is 6.80. The van der Waals surface area contributed by atoms with E-state index in [9.17, 15) is 4.79 Å². The number of hydrogen-bond acceptors (Lipinski definition) is 4. The number of para-hydroxylation sites is 2. The normalized spacial score (nSPS) is 13.0. The minimum atomic E-state index is -0.253. The molecule has 0 aliphatic carbocycles. The van der Waals surface area contributed by atoms with Crippen LogP contribution in [0.15, 0.2) is 24.3 Å². The molecule has 0 aliphatic heterocycles. The molecular weight excluding hydrogens is 292 g/mol. The first kappa shape index (κ1) is 19.7. The fourth-order valence-electron chi connectivity index (χ4n) is 1.57. The van der Waals surface area contributed by atoms with Crippen molar-refractivity contribution in [2.45, 2.75) is 26.3 Å². The van der Waals surface area contributed by atoms with Gasteiger partial charge in [-0.1, -0.05) is 19.1 Å². The van der Waals surface area contributed by atoms with Gasteiger partial charge in [0, 0.05) is 26.2 Å². The zero-order valence-corrected chi connectivity index (χ0v) is 13.6. The Morgan fingerprint density at radius 3 is 2.57 bits per heavy atom. The number of anilines is 1. The van der Waals surface area contributed by atoms with E-state index in [4.69, 9.17) is 15.2 Å². The van der Waals surface area contributed by atoms with Crippen molar-refractivity contribution in [3.8, 4) is 5.75 Å². The molecule has 1 aromatic carbocycles. The average Bonchev–Trinajstić information content (AvgIpc) is 2.44. The molecule has 5 nitrogen and oxygen atoms in total. The maximum atomic E-state index is 12.0. The summed E-state index contributed by atoms with van der Waals surface area (Å²) in [5.74, 6) is 0.304. The molecule has 6 heteroatoms. The first-order chi connectivity index (χ1) is 9.56. The number of nitrogens with two attached hydrogens (primary N) is 1. The summed E-state index contributed by atoms with van der Waals surface area (Å²) in [6.07, 6.45) is 0.801. The Kier molecular flexibility index (Phi) is 9.78. The molecule has 3 N–H and O–H groups in total.